The number of aromatic nitrogens is 2. The number of carboxylic acids is 1. The Morgan fingerprint density at radius 2 is 2.35 bits per heavy atom. The van der Waals surface area contributed by atoms with Gasteiger partial charge < -0.3 is 14.9 Å². The Bertz CT molecular complexity index is 693. The molecular weight excluding hydrogens is 338 g/mol. The second kappa shape index (κ2) is 6.71. The van der Waals surface area contributed by atoms with Crippen molar-refractivity contribution in [2.45, 2.75) is 24.8 Å². The van der Waals surface area contributed by atoms with Crippen LogP contribution in [0.15, 0.2) is 21.3 Å². The minimum atomic E-state index is -1.14. The molecule has 3 heterocycles. The molecule has 1 amide bonds. The second-order valence-electron chi connectivity index (χ2n) is 5.26. The van der Waals surface area contributed by atoms with Gasteiger partial charge in [0.2, 0.25) is 17.6 Å². The van der Waals surface area contributed by atoms with E-state index < -0.39 is 11.5 Å². The van der Waals surface area contributed by atoms with E-state index in [0.29, 0.717) is 23.9 Å². The molecule has 122 valence electrons. The molecule has 1 fully saturated rings. The van der Waals surface area contributed by atoms with Crippen molar-refractivity contribution >= 4 is 35.0 Å². The van der Waals surface area contributed by atoms with Gasteiger partial charge >= 0.3 is 5.97 Å². The van der Waals surface area contributed by atoms with Crippen LogP contribution in [-0.4, -0.2) is 44.2 Å². The fraction of sp³-hybridized carbons (Fsp3) is 0.429. The number of carbonyl (C=O) groups is 2. The Kier molecular flexibility index (Phi) is 4.67. The Hall–Kier alpha value is -1.87. The van der Waals surface area contributed by atoms with Gasteiger partial charge in [-0.05, 0) is 23.6 Å². The van der Waals surface area contributed by atoms with Crippen LogP contribution in [-0.2, 0) is 16.0 Å². The number of aliphatic carboxylic acids is 1. The van der Waals surface area contributed by atoms with Crippen LogP contribution in [0.5, 0.6) is 0 Å². The predicted molar refractivity (Wildman–Crippen MR) is 86.4 cm³/mol. The quantitative estimate of drug-likeness (QED) is 0.816. The molecule has 1 aliphatic heterocycles. The molecule has 0 radical (unpaired) electrons. The fourth-order valence-electron chi connectivity index (χ4n) is 2.30. The van der Waals surface area contributed by atoms with Gasteiger partial charge in [0.1, 0.15) is 5.54 Å². The van der Waals surface area contributed by atoms with Crippen LogP contribution < -0.4 is 5.32 Å². The molecule has 23 heavy (non-hydrogen) atoms. The van der Waals surface area contributed by atoms with E-state index in [9.17, 15) is 14.7 Å². The van der Waals surface area contributed by atoms with Crippen molar-refractivity contribution in [1.29, 1.82) is 0 Å². The van der Waals surface area contributed by atoms with E-state index >= 15 is 0 Å². The molecule has 0 saturated carbocycles. The van der Waals surface area contributed by atoms with Crippen molar-refractivity contribution in [2.24, 2.45) is 0 Å². The number of nitrogens with one attached hydrogen (secondary N) is 1. The van der Waals surface area contributed by atoms with Crippen molar-refractivity contribution in [2.75, 3.05) is 11.5 Å². The van der Waals surface area contributed by atoms with Crippen LogP contribution in [0.2, 0.25) is 0 Å². The molecule has 1 saturated heterocycles. The van der Waals surface area contributed by atoms with Gasteiger partial charge in [0.15, 0.2) is 0 Å². The van der Waals surface area contributed by atoms with E-state index in [2.05, 4.69) is 15.5 Å². The molecule has 2 aromatic heterocycles. The van der Waals surface area contributed by atoms with Crippen molar-refractivity contribution in [3.05, 3.63) is 22.7 Å². The summed E-state index contributed by atoms with van der Waals surface area (Å²) in [5, 5.41) is 19.7. The minimum Gasteiger partial charge on any atom is -0.479 e. The SMILES string of the molecule is O=C(CCc1nc(-c2ccsc2)no1)NC1(C(=O)O)CCSC1. The zero-order valence-corrected chi connectivity index (χ0v) is 13.8. The molecule has 3 rings (SSSR count). The third-order valence-corrected chi connectivity index (χ3v) is 5.50. The molecule has 1 unspecified atom stereocenters. The van der Waals surface area contributed by atoms with Gasteiger partial charge in [0.05, 0.1) is 0 Å². The molecule has 0 spiro atoms. The van der Waals surface area contributed by atoms with Crippen LogP contribution in [0.3, 0.4) is 0 Å². The Morgan fingerprint density at radius 3 is 3.00 bits per heavy atom. The number of hydrogen-bond acceptors (Lipinski definition) is 7. The molecule has 2 aromatic rings. The van der Waals surface area contributed by atoms with E-state index in [1.54, 1.807) is 0 Å². The highest BCUT2D eigenvalue weighted by atomic mass is 32.2. The van der Waals surface area contributed by atoms with Gasteiger partial charge in [-0.1, -0.05) is 5.16 Å². The van der Waals surface area contributed by atoms with Crippen molar-refractivity contribution < 1.29 is 19.2 Å². The number of thiophene rings is 1. The molecule has 0 aromatic carbocycles. The third-order valence-electron chi connectivity index (χ3n) is 3.62. The Balaban J connectivity index is 1.56. The number of hydrogen-bond donors (Lipinski definition) is 2. The molecule has 9 heteroatoms. The summed E-state index contributed by atoms with van der Waals surface area (Å²) in [6.07, 6.45) is 0.846. The summed E-state index contributed by atoms with van der Waals surface area (Å²) in [5.74, 6) is 0.706. The summed E-state index contributed by atoms with van der Waals surface area (Å²) in [6, 6.07) is 1.89. The largest absolute Gasteiger partial charge is 0.479 e. The van der Waals surface area contributed by atoms with E-state index in [-0.39, 0.29) is 18.7 Å². The lowest BCUT2D eigenvalue weighted by Gasteiger charge is -2.24. The first-order valence-corrected chi connectivity index (χ1v) is 9.16. The number of carbonyl (C=O) groups excluding carboxylic acids is 1. The lowest BCUT2D eigenvalue weighted by Crippen LogP contribution is -2.54. The van der Waals surface area contributed by atoms with Crippen LogP contribution in [0.1, 0.15) is 18.7 Å². The number of thioether (sulfide) groups is 1. The average Bonchev–Trinajstić information content (AvgIpc) is 3.26. The third kappa shape index (κ3) is 3.56. The summed E-state index contributed by atoms with van der Waals surface area (Å²) in [6.45, 7) is 0. The number of rotatable bonds is 6. The predicted octanol–water partition coefficient (Wildman–Crippen LogP) is 1.81. The zero-order valence-electron chi connectivity index (χ0n) is 12.2. The first-order chi connectivity index (χ1) is 11.1. The maximum absolute atomic E-state index is 12.0. The minimum absolute atomic E-state index is 0.116. The van der Waals surface area contributed by atoms with Crippen molar-refractivity contribution in [3.8, 4) is 11.4 Å². The number of amides is 1. The van der Waals surface area contributed by atoms with Crippen LogP contribution in [0, 0.1) is 0 Å². The molecule has 0 aliphatic carbocycles. The number of aryl methyl sites for hydroxylation is 1. The van der Waals surface area contributed by atoms with Gasteiger partial charge in [0, 0.05) is 29.5 Å². The normalized spacial score (nSPS) is 20.5. The zero-order chi connectivity index (χ0) is 16.3. The maximum atomic E-state index is 12.0. The number of nitrogens with zero attached hydrogens (tertiary/aromatic N) is 2. The molecule has 2 N–H and O–H groups in total. The molecule has 7 nitrogen and oxygen atoms in total. The lowest BCUT2D eigenvalue weighted by atomic mass is 9.99. The summed E-state index contributed by atoms with van der Waals surface area (Å²) in [4.78, 5) is 27.7. The second-order valence-corrected chi connectivity index (χ2v) is 7.15. The topological polar surface area (TPSA) is 105 Å². The molecular formula is C14H15N3O4S2. The first-order valence-electron chi connectivity index (χ1n) is 7.06. The van der Waals surface area contributed by atoms with Crippen LogP contribution >= 0.6 is 23.1 Å². The van der Waals surface area contributed by atoms with Gasteiger partial charge in [-0.3, -0.25) is 4.79 Å². The fourth-order valence-corrected chi connectivity index (χ4v) is 4.26. The maximum Gasteiger partial charge on any atom is 0.330 e. The molecule has 1 atom stereocenters. The highest BCUT2D eigenvalue weighted by Crippen LogP contribution is 2.28. The summed E-state index contributed by atoms with van der Waals surface area (Å²) in [7, 11) is 0. The smallest absolute Gasteiger partial charge is 0.330 e. The molecule has 1 aliphatic rings. The van der Waals surface area contributed by atoms with E-state index in [1.165, 1.54) is 23.1 Å². The highest BCUT2D eigenvalue weighted by molar-refractivity contribution is 7.99. The van der Waals surface area contributed by atoms with Crippen LogP contribution in [0.25, 0.3) is 11.4 Å². The standard InChI is InChI=1S/C14H15N3O4S2/c18-10(16-14(13(19)20)4-6-23-8-14)1-2-11-15-12(17-21-11)9-3-5-22-7-9/h3,5,7H,1-2,4,6,8H2,(H,16,18)(H,19,20). The van der Waals surface area contributed by atoms with E-state index in [4.69, 9.17) is 4.52 Å². The Labute approximate surface area is 140 Å². The summed E-state index contributed by atoms with van der Waals surface area (Å²) < 4.78 is 5.12. The van der Waals surface area contributed by atoms with Gasteiger partial charge in [-0.15, -0.1) is 0 Å². The lowest BCUT2D eigenvalue weighted by molar-refractivity contribution is -0.146. The van der Waals surface area contributed by atoms with E-state index in [0.717, 1.165) is 11.3 Å². The highest BCUT2D eigenvalue weighted by Gasteiger charge is 2.43. The average molecular weight is 353 g/mol. The Morgan fingerprint density at radius 1 is 1.48 bits per heavy atom. The summed E-state index contributed by atoms with van der Waals surface area (Å²) >= 11 is 3.07. The summed E-state index contributed by atoms with van der Waals surface area (Å²) in [5.41, 5.74) is -0.263. The van der Waals surface area contributed by atoms with Gasteiger partial charge in [-0.25, -0.2) is 4.79 Å². The first kappa shape index (κ1) is 16.0. The number of carboxylic acid groups (broad SMARTS) is 1. The monoisotopic (exact) mass is 353 g/mol. The molecule has 0 bridgehead atoms. The van der Waals surface area contributed by atoms with Gasteiger partial charge in [0.25, 0.3) is 0 Å². The van der Waals surface area contributed by atoms with Gasteiger partial charge in [-0.2, -0.15) is 28.1 Å². The van der Waals surface area contributed by atoms with Crippen molar-refractivity contribution in [3.63, 3.8) is 0 Å². The van der Waals surface area contributed by atoms with E-state index in [1.807, 2.05) is 16.8 Å². The van der Waals surface area contributed by atoms with Crippen molar-refractivity contribution in [1.82, 2.24) is 15.5 Å². The van der Waals surface area contributed by atoms with Crippen LogP contribution in [0.4, 0.5) is 0 Å².